The average molecular weight is 399 g/mol. The molecule has 2 aromatic rings. The van der Waals surface area contributed by atoms with E-state index in [0.29, 0.717) is 11.6 Å². The number of hydrogen-bond acceptors (Lipinski definition) is 3. The van der Waals surface area contributed by atoms with Gasteiger partial charge in [0, 0.05) is 16.7 Å². The maximum absolute atomic E-state index is 11.4. The van der Waals surface area contributed by atoms with Gasteiger partial charge >= 0.3 is 5.95 Å². The van der Waals surface area contributed by atoms with Gasteiger partial charge < -0.3 is 22.1 Å². The Kier molecular flexibility index (Phi) is 6.00. The molecule has 2 heterocycles. The highest BCUT2D eigenvalue weighted by Crippen LogP contribution is 2.34. The van der Waals surface area contributed by atoms with Crippen molar-refractivity contribution in [3.05, 3.63) is 53.3 Å². The Bertz CT molecular complexity index is 653. The topological polar surface area (TPSA) is 40.2 Å². The molecular formula is C17H21BrClN3O. The van der Waals surface area contributed by atoms with Gasteiger partial charge in [0.2, 0.25) is 5.72 Å². The summed E-state index contributed by atoms with van der Waals surface area (Å²) < 4.78 is 2.00. The monoisotopic (exact) mass is 397 g/mol. The van der Waals surface area contributed by atoms with Crippen molar-refractivity contribution in [2.24, 2.45) is 0 Å². The van der Waals surface area contributed by atoms with Crippen LogP contribution in [0.3, 0.4) is 0 Å². The van der Waals surface area contributed by atoms with Crippen molar-refractivity contribution in [1.29, 1.82) is 0 Å². The van der Waals surface area contributed by atoms with E-state index in [-0.39, 0.29) is 17.0 Å². The van der Waals surface area contributed by atoms with Crippen LogP contribution in [-0.2, 0) is 12.3 Å². The van der Waals surface area contributed by atoms with Gasteiger partial charge in [0.15, 0.2) is 0 Å². The molecule has 0 saturated heterocycles. The van der Waals surface area contributed by atoms with Crippen molar-refractivity contribution in [3.8, 4) is 0 Å². The number of aliphatic hydroxyl groups is 1. The molecule has 0 radical (unpaired) electrons. The fraction of sp³-hybridized carbons (Fsp3) is 0.412. The zero-order chi connectivity index (χ0) is 15.6. The summed E-state index contributed by atoms with van der Waals surface area (Å²) in [5, 5.41) is 12.0. The van der Waals surface area contributed by atoms with E-state index in [1.165, 1.54) is 0 Å². The second kappa shape index (κ2) is 7.60. The van der Waals surface area contributed by atoms with E-state index >= 15 is 0 Å². The van der Waals surface area contributed by atoms with Crippen LogP contribution in [-0.4, -0.2) is 16.6 Å². The highest BCUT2D eigenvalue weighted by molar-refractivity contribution is 6.30. The number of unbranched alkanes of at least 4 members (excludes halogenated alkanes) is 2. The number of fused-ring (bicyclic) bond motifs is 1. The summed E-state index contributed by atoms with van der Waals surface area (Å²) in [4.78, 5) is 6.47. The van der Waals surface area contributed by atoms with Crippen LogP contribution in [0, 0.1) is 0 Å². The number of rotatable bonds is 5. The standard InChI is InChI=1S/C17H21ClN3O.BrH/c1-2-3-4-12-21-16-19-10-5-11-20(16)13-17(21,22)14-6-8-15(18)9-7-14;/h5-11,22H,2-4,12-13H2,1H3;1H/q+1;/p-1. The van der Waals surface area contributed by atoms with Crippen LogP contribution < -0.4 is 26.4 Å². The maximum atomic E-state index is 11.4. The quantitative estimate of drug-likeness (QED) is 0.564. The highest BCUT2D eigenvalue weighted by Gasteiger charge is 2.50. The molecule has 1 aromatic heterocycles. The minimum Gasteiger partial charge on any atom is -1.00 e. The lowest BCUT2D eigenvalue weighted by Gasteiger charge is -2.28. The van der Waals surface area contributed by atoms with E-state index in [1.807, 2.05) is 46.0 Å². The number of benzene rings is 1. The van der Waals surface area contributed by atoms with Crippen molar-refractivity contribution in [2.45, 2.75) is 38.5 Å². The fourth-order valence-corrected chi connectivity index (χ4v) is 3.12. The minimum atomic E-state index is -1.07. The largest absolute Gasteiger partial charge is 1.00 e. The van der Waals surface area contributed by atoms with Gasteiger partial charge in [-0.05, 0) is 18.6 Å². The van der Waals surface area contributed by atoms with E-state index in [1.54, 1.807) is 6.20 Å². The second-order valence-corrected chi connectivity index (χ2v) is 6.17. The van der Waals surface area contributed by atoms with E-state index in [9.17, 15) is 5.11 Å². The highest BCUT2D eigenvalue weighted by atomic mass is 79.9. The number of anilines is 1. The third-order valence-electron chi connectivity index (χ3n) is 4.17. The van der Waals surface area contributed by atoms with Gasteiger partial charge in [0.25, 0.3) is 0 Å². The van der Waals surface area contributed by atoms with Gasteiger partial charge in [-0.1, -0.05) is 48.5 Å². The first-order chi connectivity index (χ1) is 10.6. The molecule has 1 unspecified atom stereocenters. The molecule has 0 spiro atoms. The van der Waals surface area contributed by atoms with Gasteiger partial charge in [-0.3, -0.25) is 0 Å². The molecule has 1 N–H and O–H groups in total. The molecule has 1 aliphatic heterocycles. The molecule has 0 saturated carbocycles. The Balaban J connectivity index is 0.00000192. The van der Waals surface area contributed by atoms with Gasteiger partial charge in [-0.25, -0.2) is 9.47 Å². The molecule has 1 aromatic carbocycles. The molecule has 1 aliphatic rings. The summed E-state index contributed by atoms with van der Waals surface area (Å²) in [5.41, 5.74) is -0.224. The van der Waals surface area contributed by atoms with Crippen molar-refractivity contribution in [2.75, 3.05) is 11.4 Å². The van der Waals surface area contributed by atoms with E-state index in [2.05, 4.69) is 11.9 Å². The number of halogens is 2. The Labute approximate surface area is 152 Å². The predicted molar refractivity (Wildman–Crippen MR) is 86.7 cm³/mol. The van der Waals surface area contributed by atoms with Gasteiger partial charge in [-0.15, -0.1) is 0 Å². The Hall–Kier alpha value is -1.17. The summed E-state index contributed by atoms with van der Waals surface area (Å²) in [6.07, 6.45) is 7.05. The van der Waals surface area contributed by atoms with Crippen LogP contribution in [0.25, 0.3) is 0 Å². The Morgan fingerprint density at radius 1 is 1.30 bits per heavy atom. The molecule has 0 bridgehead atoms. The van der Waals surface area contributed by atoms with E-state index < -0.39 is 5.72 Å². The summed E-state index contributed by atoms with van der Waals surface area (Å²) >= 11 is 5.98. The molecule has 4 nitrogen and oxygen atoms in total. The lowest BCUT2D eigenvalue weighted by molar-refractivity contribution is -0.685. The van der Waals surface area contributed by atoms with Gasteiger partial charge in [0.05, 0.1) is 12.7 Å². The van der Waals surface area contributed by atoms with E-state index in [4.69, 9.17) is 11.6 Å². The van der Waals surface area contributed by atoms with Crippen molar-refractivity contribution in [3.63, 3.8) is 0 Å². The molecule has 3 rings (SSSR count). The zero-order valence-electron chi connectivity index (χ0n) is 13.1. The molecule has 6 heteroatoms. The van der Waals surface area contributed by atoms with Crippen molar-refractivity contribution in [1.82, 2.24) is 4.98 Å². The fourth-order valence-electron chi connectivity index (χ4n) is 3.00. The molecule has 23 heavy (non-hydrogen) atoms. The van der Waals surface area contributed by atoms with Gasteiger partial charge in [0.1, 0.15) is 12.7 Å². The maximum Gasteiger partial charge on any atom is 0.396 e. The third kappa shape index (κ3) is 3.52. The van der Waals surface area contributed by atoms with Crippen LogP contribution in [0.15, 0.2) is 42.7 Å². The lowest BCUT2D eigenvalue weighted by atomic mass is 10.0. The smallest absolute Gasteiger partial charge is 0.396 e. The van der Waals surface area contributed by atoms with Crippen molar-refractivity contribution >= 4 is 17.5 Å². The molecular weight excluding hydrogens is 378 g/mol. The first kappa shape index (κ1) is 18.2. The Morgan fingerprint density at radius 3 is 2.74 bits per heavy atom. The van der Waals surface area contributed by atoms with Crippen LogP contribution in [0.4, 0.5) is 5.95 Å². The molecule has 1 atom stereocenters. The number of nitrogens with zero attached hydrogens (tertiary/aromatic N) is 3. The second-order valence-electron chi connectivity index (χ2n) is 5.73. The molecule has 0 fully saturated rings. The van der Waals surface area contributed by atoms with Crippen LogP contribution in [0.1, 0.15) is 31.7 Å². The molecule has 124 valence electrons. The summed E-state index contributed by atoms with van der Waals surface area (Å²) in [6, 6.07) is 9.31. The molecule has 0 aliphatic carbocycles. The van der Waals surface area contributed by atoms with Crippen LogP contribution in [0.5, 0.6) is 0 Å². The molecule has 0 amide bonds. The zero-order valence-corrected chi connectivity index (χ0v) is 15.5. The number of aromatic nitrogens is 2. The lowest BCUT2D eigenvalue weighted by Crippen LogP contribution is -3.00. The first-order valence-electron chi connectivity index (χ1n) is 7.75. The Morgan fingerprint density at radius 2 is 2.04 bits per heavy atom. The summed E-state index contributed by atoms with van der Waals surface area (Å²) in [7, 11) is 0. The third-order valence-corrected chi connectivity index (χ3v) is 4.42. The summed E-state index contributed by atoms with van der Waals surface area (Å²) in [5.74, 6) is 0.816. The van der Waals surface area contributed by atoms with Crippen LogP contribution in [0.2, 0.25) is 5.02 Å². The number of hydrogen-bond donors (Lipinski definition) is 1. The first-order valence-corrected chi connectivity index (χ1v) is 8.13. The van der Waals surface area contributed by atoms with E-state index in [0.717, 1.165) is 37.3 Å². The van der Waals surface area contributed by atoms with Crippen LogP contribution >= 0.6 is 11.6 Å². The normalized spacial score (nSPS) is 19.3. The summed E-state index contributed by atoms with van der Waals surface area (Å²) in [6.45, 7) is 3.43. The van der Waals surface area contributed by atoms with Crippen molar-refractivity contribution < 1.29 is 26.7 Å². The minimum absolute atomic E-state index is 0. The SMILES string of the molecule is CCCCCN1c2nccc[n+]2CC1(O)c1ccc(Cl)cc1.[Br-]. The predicted octanol–water partition coefficient (Wildman–Crippen LogP) is -0.118. The average Bonchev–Trinajstić information content (AvgIpc) is 2.81. The van der Waals surface area contributed by atoms with Gasteiger partial charge in [-0.2, -0.15) is 0 Å².